The van der Waals surface area contributed by atoms with E-state index in [0.29, 0.717) is 23.0 Å². The number of para-hydroxylation sites is 1. The second-order valence-electron chi connectivity index (χ2n) is 9.39. The monoisotopic (exact) mass is 436 g/mol. The van der Waals surface area contributed by atoms with Gasteiger partial charge in [-0.2, -0.15) is 0 Å². The van der Waals surface area contributed by atoms with Crippen molar-refractivity contribution in [1.29, 1.82) is 0 Å². The summed E-state index contributed by atoms with van der Waals surface area (Å²) >= 11 is 0. The van der Waals surface area contributed by atoms with Crippen molar-refractivity contribution in [2.24, 2.45) is 4.99 Å². The van der Waals surface area contributed by atoms with E-state index in [0.717, 1.165) is 10.9 Å². The Hall–Kier alpha value is -3.86. The third kappa shape index (κ3) is 2.85. The minimum absolute atomic E-state index is 0.0478. The van der Waals surface area contributed by atoms with Crippen LogP contribution in [0.2, 0.25) is 0 Å². The molecule has 0 spiro atoms. The van der Waals surface area contributed by atoms with Gasteiger partial charge >= 0.3 is 0 Å². The van der Waals surface area contributed by atoms with Crippen LogP contribution in [-0.2, 0) is 10.2 Å². The summed E-state index contributed by atoms with van der Waals surface area (Å²) in [7, 11) is 0. The Kier molecular flexibility index (Phi) is 4.09. The predicted molar refractivity (Wildman–Crippen MR) is 128 cm³/mol. The first-order valence-corrected chi connectivity index (χ1v) is 11.1. The molecule has 6 rings (SSSR count). The van der Waals surface area contributed by atoms with Crippen LogP contribution in [0.1, 0.15) is 43.5 Å². The van der Waals surface area contributed by atoms with E-state index in [2.05, 4.69) is 50.0 Å². The number of rotatable bonds is 3. The first kappa shape index (κ1) is 19.8. The molecule has 1 aliphatic heterocycles. The lowest BCUT2D eigenvalue weighted by molar-refractivity contribution is 0.0211. The Balaban J connectivity index is 1.33. The lowest BCUT2D eigenvalue weighted by Crippen LogP contribution is -2.44. The van der Waals surface area contributed by atoms with Crippen molar-refractivity contribution in [1.82, 2.24) is 4.98 Å². The summed E-state index contributed by atoms with van der Waals surface area (Å²) in [4.78, 5) is 9.48. The van der Waals surface area contributed by atoms with Crippen LogP contribution >= 0.6 is 0 Å². The Morgan fingerprint density at radius 3 is 2.61 bits per heavy atom. The highest BCUT2D eigenvalue weighted by atomic mass is 16.5. The number of phenolic OH excluding ortho intramolecular Hbond substituents is 1. The largest absolute Gasteiger partial charge is 0.506 e. The summed E-state index contributed by atoms with van der Waals surface area (Å²) in [5.74, 6) is 1.79. The molecule has 1 aliphatic carbocycles. The van der Waals surface area contributed by atoms with E-state index < -0.39 is 5.60 Å². The molecule has 5 heteroatoms. The van der Waals surface area contributed by atoms with E-state index in [-0.39, 0.29) is 17.2 Å². The molecule has 33 heavy (non-hydrogen) atoms. The van der Waals surface area contributed by atoms with Crippen molar-refractivity contribution in [2.75, 3.05) is 0 Å². The Morgan fingerprint density at radius 1 is 0.909 bits per heavy atom. The number of hydrogen-bond acceptors (Lipinski definition) is 5. The number of benzene rings is 3. The first-order valence-electron chi connectivity index (χ1n) is 11.1. The van der Waals surface area contributed by atoms with Gasteiger partial charge < -0.3 is 14.6 Å². The number of phenols is 1. The van der Waals surface area contributed by atoms with Crippen LogP contribution in [0.25, 0.3) is 10.9 Å². The number of ether oxygens (including phenoxy) is 2. The number of fused-ring (bicyclic) bond motifs is 4. The fraction of sp³-hybridized carbons (Fsp3) is 0.214. The van der Waals surface area contributed by atoms with Gasteiger partial charge in [0.25, 0.3) is 0 Å². The van der Waals surface area contributed by atoms with Crippen molar-refractivity contribution in [3.63, 3.8) is 0 Å². The van der Waals surface area contributed by atoms with E-state index in [9.17, 15) is 5.11 Å². The van der Waals surface area contributed by atoms with Gasteiger partial charge in [0.1, 0.15) is 28.7 Å². The van der Waals surface area contributed by atoms with Gasteiger partial charge in [0.2, 0.25) is 11.8 Å². The SMILES string of the molecule is CC1(C)c2ccccc2[C@@H]2N=C(c3cccc(Oc4ccc5cccc(O)c5n4)c3)O[C@@]21C. The van der Waals surface area contributed by atoms with Crippen LogP contribution in [0.3, 0.4) is 0 Å². The molecular formula is C28H24N2O3. The van der Waals surface area contributed by atoms with Crippen molar-refractivity contribution in [2.45, 2.75) is 37.8 Å². The molecule has 4 aromatic rings. The van der Waals surface area contributed by atoms with Crippen LogP contribution in [0.4, 0.5) is 0 Å². The molecule has 164 valence electrons. The number of aromatic nitrogens is 1. The third-order valence-electron chi connectivity index (χ3n) is 7.22. The zero-order valence-corrected chi connectivity index (χ0v) is 18.7. The van der Waals surface area contributed by atoms with E-state index in [1.807, 2.05) is 36.4 Å². The molecule has 0 fully saturated rings. The normalized spacial score (nSPS) is 22.4. The molecule has 1 aromatic heterocycles. The first-order chi connectivity index (χ1) is 15.9. The fourth-order valence-corrected chi connectivity index (χ4v) is 5.05. The second-order valence-corrected chi connectivity index (χ2v) is 9.39. The second kappa shape index (κ2) is 6.82. The summed E-state index contributed by atoms with van der Waals surface area (Å²) in [6.45, 7) is 6.61. The van der Waals surface area contributed by atoms with Gasteiger partial charge in [-0.1, -0.05) is 56.3 Å². The maximum Gasteiger partial charge on any atom is 0.219 e. The number of aliphatic imine (C=N–C) groups is 1. The zero-order chi connectivity index (χ0) is 22.8. The molecular weight excluding hydrogens is 412 g/mol. The Morgan fingerprint density at radius 2 is 1.73 bits per heavy atom. The van der Waals surface area contributed by atoms with Gasteiger partial charge in [0.15, 0.2) is 0 Å². The number of aromatic hydroxyl groups is 1. The summed E-state index contributed by atoms with van der Waals surface area (Å²) in [6.07, 6.45) is 0. The highest BCUT2D eigenvalue weighted by Gasteiger charge is 2.60. The lowest BCUT2D eigenvalue weighted by Gasteiger charge is -2.37. The van der Waals surface area contributed by atoms with E-state index in [4.69, 9.17) is 14.5 Å². The topological polar surface area (TPSA) is 63.9 Å². The summed E-state index contributed by atoms with van der Waals surface area (Å²) in [5, 5.41) is 11.0. The van der Waals surface area contributed by atoms with Crippen molar-refractivity contribution >= 4 is 16.8 Å². The lowest BCUT2D eigenvalue weighted by atomic mass is 9.75. The van der Waals surface area contributed by atoms with Crippen LogP contribution in [0.15, 0.2) is 83.9 Å². The molecule has 0 saturated carbocycles. The summed E-state index contributed by atoms with van der Waals surface area (Å²) < 4.78 is 12.6. The molecule has 2 aliphatic rings. The quantitative estimate of drug-likeness (QED) is 0.409. The molecule has 0 bridgehead atoms. The van der Waals surface area contributed by atoms with Gasteiger partial charge in [-0.25, -0.2) is 9.98 Å². The molecule has 1 N–H and O–H groups in total. The fourth-order valence-electron chi connectivity index (χ4n) is 5.05. The minimum Gasteiger partial charge on any atom is -0.506 e. The van der Waals surface area contributed by atoms with Gasteiger partial charge in [0.05, 0.1) is 0 Å². The molecule has 0 unspecified atom stereocenters. The van der Waals surface area contributed by atoms with Crippen LogP contribution in [-0.4, -0.2) is 21.6 Å². The molecule has 3 aromatic carbocycles. The molecule has 0 radical (unpaired) electrons. The Bertz CT molecular complexity index is 1440. The highest BCUT2D eigenvalue weighted by Crippen LogP contribution is 2.58. The maximum atomic E-state index is 10.1. The Labute approximate surface area is 192 Å². The van der Waals surface area contributed by atoms with Crippen LogP contribution in [0.5, 0.6) is 17.4 Å². The average molecular weight is 437 g/mol. The smallest absolute Gasteiger partial charge is 0.219 e. The van der Waals surface area contributed by atoms with E-state index in [1.54, 1.807) is 18.2 Å². The minimum atomic E-state index is -0.458. The van der Waals surface area contributed by atoms with Crippen LogP contribution in [0, 0.1) is 0 Å². The molecule has 2 heterocycles. The highest BCUT2D eigenvalue weighted by molar-refractivity contribution is 5.96. The number of pyridine rings is 1. The van der Waals surface area contributed by atoms with Crippen molar-refractivity contribution < 1.29 is 14.6 Å². The summed E-state index contributed by atoms with van der Waals surface area (Å²) in [5.41, 5.74) is 3.26. The average Bonchev–Trinajstić information content (AvgIpc) is 3.25. The molecule has 0 amide bonds. The van der Waals surface area contributed by atoms with Crippen LogP contribution < -0.4 is 4.74 Å². The van der Waals surface area contributed by atoms with Gasteiger partial charge in [-0.05, 0) is 48.4 Å². The predicted octanol–water partition coefficient (Wildman–Crippen LogP) is 6.30. The number of nitrogens with zero attached hydrogens (tertiary/aromatic N) is 2. The number of hydrogen-bond donors (Lipinski definition) is 1. The van der Waals surface area contributed by atoms with E-state index >= 15 is 0 Å². The van der Waals surface area contributed by atoms with Gasteiger partial charge in [-0.3, -0.25) is 0 Å². The van der Waals surface area contributed by atoms with Crippen molar-refractivity contribution in [3.8, 4) is 17.4 Å². The summed E-state index contributed by atoms with van der Waals surface area (Å²) in [6, 6.07) is 25.1. The van der Waals surface area contributed by atoms with Gasteiger partial charge in [0, 0.05) is 22.4 Å². The maximum absolute atomic E-state index is 10.1. The molecule has 2 atom stereocenters. The van der Waals surface area contributed by atoms with Gasteiger partial charge in [-0.15, -0.1) is 0 Å². The van der Waals surface area contributed by atoms with E-state index in [1.165, 1.54) is 11.1 Å². The third-order valence-corrected chi connectivity index (χ3v) is 7.22. The standard InChI is InChI=1S/C28H24N2O3/c1-27(2)21-12-5-4-11-20(21)25-28(27,3)33-26(30-25)18-9-6-10-19(16-18)32-23-15-14-17-8-7-13-22(31)24(17)29-23/h4-16,25,31H,1-3H3/t25-,28-/m0/s1. The zero-order valence-electron chi connectivity index (χ0n) is 18.7. The van der Waals surface area contributed by atoms with Crippen molar-refractivity contribution in [3.05, 3.63) is 95.6 Å². The molecule has 0 saturated heterocycles. The molecule has 5 nitrogen and oxygen atoms in total.